The lowest BCUT2D eigenvalue weighted by atomic mass is 10.0. The molecule has 0 bridgehead atoms. The predicted octanol–water partition coefficient (Wildman–Crippen LogP) is 1.61. The normalized spacial score (nSPS) is 15.2. The molecule has 86 valence electrons. The van der Waals surface area contributed by atoms with E-state index in [0.717, 1.165) is 12.2 Å². The minimum absolute atomic E-state index is 0.352. The molecule has 4 nitrogen and oxygen atoms in total. The maximum Gasteiger partial charge on any atom is 0.0960 e. The first kappa shape index (κ1) is 12.2. The summed E-state index contributed by atoms with van der Waals surface area (Å²) in [6.07, 6.45) is 1.99. The largest absolute Gasteiger partial charge is 0.387 e. The van der Waals surface area contributed by atoms with Crippen LogP contribution >= 0.6 is 0 Å². The number of nitrogens with zero attached hydrogens (tertiary/aromatic N) is 2. The molecule has 0 saturated carbocycles. The summed E-state index contributed by atoms with van der Waals surface area (Å²) in [5.41, 5.74) is 0.889. The lowest BCUT2D eigenvalue weighted by molar-refractivity contribution is 0.0966. The summed E-state index contributed by atoms with van der Waals surface area (Å²) >= 11 is 0. The second kappa shape index (κ2) is 5.88. The summed E-state index contributed by atoms with van der Waals surface area (Å²) in [6, 6.07) is 1.87. The van der Waals surface area contributed by atoms with Crippen molar-refractivity contribution in [3.8, 4) is 0 Å². The van der Waals surface area contributed by atoms with Crippen LogP contribution in [0.2, 0.25) is 0 Å². The molecule has 0 radical (unpaired) electrons. The SMILES string of the molecule is CCn1nccc1C(O)CC(C)COC. The number of aryl methyl sites for hydroxylation is 1. The summed E-state index contributed by atoms with van der Waals surface area (Å²) in [5, 5.41) is 14.1. The highest BCUT2D eigenvalue weighted by Crippen LogP contribution is 2.20. The topological polar surface area (TPSA) is 47.3 Å². The van der Waals surface area contributed by atoms with E-state index in [1.165, 1.54) is 0 Å². The minimum atomic E-state index is -0.447. The van der Waals surface area contributed by atoms with Crippen LogP contribution in [0.25, 0.3) is 0 Å². The molecule has 1 heterocycles. The van der Waals surface area contributed by atoms with Crippen LogP contribution in [0.5, 0.6) is 0 Å². The zero-order chi connectivity index (χ0) is 11.3. The van der Waals surface area contributed by atoms with E-state index < -0.39 is 6.10 Å². The molecular formula is C11H20N2O2. The molecule has 1 N–H and O–H groups in total. The highest BCUT2D eigenvalue weighted by atomic mass is 16.5. The summed E-state index contributed by atoms with van der Waals surface area (Å²) in [6.45, 7) is 5.55. The molecule has 0 spiro atoms. The summed E-state index contributed by atoms with van der Waals surface area (Å²) in [5.74, 6) is 0.352. The number of ether oxygens (including phenoxy) is 1. The first-order valence-electron chi connectivity index (χ1n) is 5.37. The highest BCUT2D eigenvalue weighted by molar-refractivity contribution is 5.04. The van der Waals surface area contributed by atoms with Gasteiger partial charge < -0.3 is 9.84 Å². The average Bonchev–Trinajstić information content (AvgIpc) is 2.65. The first-order valence-corrected chi connectivity index (χ1v) is 5.37. The van der Waals surface area contributed by atoms with Gasteiger partial charge in [0, 0.05) is 26.5 Å². The van der Waals surface area contributed by atoms with Crippen LogP contribution in [-0.2, 0) is 11.3 Å². The molecule has 0 aliphatic rings. The molecule has 1 rings (SSSR count). The van der Waals surface area contributed by atoms with Gasteiger partial charge >= 0.3 is 0 Å². The van der Waals surface area contributed by atoms with Crippen molar-refractivity contribution < 1.29 is 9.84 Å². The van der Waals surface area contributed by atoms with Crippen molar-refractivity contribution in [3.63, 3.8) is 0 Å². The van der Waals surface area contributed by atoms with E-state index in [1.807, 2.05) is 17.7 Å². The Morgan fingerprint density at radius 3 is 2.93 bits per heavy atom. The molecule has 2 atom stereocenters. The van der Waals surface area contributed by atoms with Crippen molar-refractivity contribution in [2.75, 3.05) is 13.7 Å². The smallest absolute Gasteiger partial charge is 0.0960 e. The predicted molar refractivity (Wildman–Crippen MR) is 58.5 cm³/mol. The van der Waals surface area contributed by atoms with E-state index in [2.05, 4.69) is 12.0 Å². The fourth-order valence-corrected chi connectivity index (χ4v) is 1.74. The number of aromatic nitrogens is 2. The van der Waals surface area contributed by atoms with Gasteiger partial charge in [0.1, 0.15) is 0 Å². The van der Waals surface area contributed by atoms with Gasteiger partial charge in [0.25, 0.3) is 0 Å². The second-order valence-corrected chi connectivity index (χ2v) is 3.88. The number of hydrogen-bond donors (Lipinski definition) is 1. The van der Waals surface area contributed by atoms with Crippen LogP contribution < -0.4 is 0 Å². The Hall–Kier alpha value is -0.870. The molecule has 1 aromatic rings. The van der Waals surface area contributed by atoms with Crippen molar-refractivity contribution in [3.05, 3.63) is 18.0 Å². The number of rotatable bonds is 6. The summed E-state index contributed by atoms with van der Waals surface area (Å²) in [7, 11) is 1.68. The quantitative estimate of drug-likeness (QED) is 0.779. The average molecular weight is 212 g/mol. The van der Waals surface area contributed by atoms with Crippen LogP contribution in [0.15, 0.2) is 12.3 Å². The fourth-order valence-electron chi connectivity index (χ4n) is 1.74. The third-order valence-electron chi connectivity index (χ3n) is 2.47. The van der Waals surface area contributed by atoms with Crippen molar-refractivity contribution in [1.82, 2.24) is 9.78 Å². The lowest BCUT2D eigenvalue weighted by Gasteiger charge is -2.16. The second-order valence-electron chi connectivity index (χ2n) is 3.88. The molecule has 1 aromatic heterocycles. The van der Waals surface area contributed by atoms with Crippen LogP contribution in [0, 0.1) is 5.92 Å². The monoisotopic (exact) mass is 212 g/mol. The van der Waals surface area contributed by atoms with E-state index in [0.29, 0.717) is 18.9 Å². The van der Waals surface area contributed by atoms with Gasteiger partial charge in [-0.05, 0) is 25.3 Å². The fraction of sp³-hybridized carbons (Fsp3) is 0.727. The van der Waals surface area contributed by atoms with E-state index in [-0.39, 0.29) is 0 Å². The molecule has 0 aliphatic heterocycles. The summed E-state index contributed by atoms with van der Waals surface area (Å²) in [4.78, 5) is 0. The zero-order valence-corrected chi connectivity index (χ0v) is 9.68. The van der Waals surface area contributed by atoms with Gasteiger partial charge in [-0.3, -0.25) is 4.68 Å². The van der Waals surface area contributed by atoms with Crippen LogP contribution in [0.4, 0.5) is 0 Å². The maximum atomic E-state index is 10.0. The molecule has 0 fully saturated rings. The third-order valence-corrected chi connectivity index (χ3v) is 2.47. The number of methoxy groups -OCH3 is 1. The Labute approximate surface area is 90.9 Å². The molecule has 0 amide bonds. The third kappa shape index (κ3) is 3.32. The Balaban J connectivity index is 2.56. The Morgan fingerprint density at radius 1 is 1.60 bits per heavy atom. The van der Waals surface area contributed by atoms with Gasteiger partial charge in [0.15, 0.2) is 0 Å². The highest BCUT2D eigenvalue weighted by Gasteiger charge is 2.15. The lowest BCUT2D eigenvalue weighted by Crippen LogP contribution is -2.13. The zero-order valence-electron chi connectivity index (χ0n) is 9.68. The molecule has 0 aromatic carbocycles. The Kier molecular flexibility index (Phi) is 4.78. The van der Waals surface area contributed by atoms with Gasteiger partial charge in [-0.15, -0.1) is 0 Å². The van der Waals surface area contributed by atoms with Crippen molar-refractivity contribution in [2.45, 2.75) is 32.9 Å². The maximum absolute atomic E-state index is 10.0. The Morgan fingerprint density at radius 2 is 2.33 bits per heavy atom. The molecule has 0 aliphatic carbocycles. The van der Waals surface area contributed by atoms with E-state index >= 15 is 0 Å². The van der Waals surface area contributed by atoms with Crippen molar-refractivity contribution >= 4 is 0 Å². The standard InChI is InChI=1S/C11H20N2O2/c1-4-13-10(5-6-12-13)11(14)7-9(2)8-15-3/h5-6,9,11,14H,4,7-8H2,1-3H3. The van der Waals surface area contributed by atoms with Crippen LogP contribution in [-0.4, -0.2) is 28.6 Å². The molecule has 0 saturated heterocycles. The molecule has 4 heteroatoms. The number of hydrogen-bond acceptors (Lipinski definition) is 3. The molecule has 2 unspecified atom stereocenters. The summed E-state index contributed by atoms with van der Waals surface area (Å²) < 4.78 is 6.87. The Bertz CT molecular complexity index is 286. The minimum Gasteiger partial charge on any atom is -0.387 e. The number of aliphatic hydroxyl groups excluding tert-OH is 1. The van der Waals surface area contributed by atoms with Gasteiger partial charge in [-0.2, -0.15) is 5.10 Å². The van der Waals surface area contributed by atoms with Gasteiger partial charge in [-0.25, -0.2) is 0 Å². The molecule has 15 heavy (non-hydrogen) atoms. The first-order chi connectivity index (χ1) is 7.19. The van der Waals surface area contributed by atoms with E-state index in [1.54, 1.807) is 13.3 Å². The van der Waals surface area contributed by atoms with Gasteiger partial charge in [0.05, 0.1) is 11.8 Å². The van der Waals surface area contributed by atoms with Gasteiger partial charge in [-0.1, -0.05) is 6.92 Å². The van der Waals surface area contributed by atoms with Crippen molar-refractivity contribution in [1.29, 1.82) is 0 Å². The number of aliphatic hydroxyl groups is 1. The van der Waals surface area contributed by atoms with E-state index in [4.69, 9.17) is 4.74 Å². The van der Waals surface area contributed by atoms with Gasteiger partial charge in [0.2, 0.25) is 0 Å². The van der Waals surface area contributed by atoms with Crippen molar-refractivity contribution in [2.24, 2.45) is 5.92 Å². The van der Waals surface area contributed by atoms with Crippen LogP contribution in [0.3, 0.4) is 0 Å². The van der Waals surface area contributed by atoms with Crippen LogP contribution in [0.1, 0.15) is 32.1 Å². The molecular weight excluding hydrogens is 192 g/mol. The van der Waals surface area contributed by atoms with E-state index in [9.17, 15) is 5.11 Å².